The largest absolute Gasteiger partial charge is 0.573 e. The Morgan fingerprint density at radius 2 is 2.11 bits per heavy atom. The third kappa shape index (κ3) is 2.34. The van der Waals surface area contributed by atoms with Crippen LogP contribution in [-0.4, -0.2) is 19.0 Å². The molecule has 2 atom stereocenters. The first-order valence-corrected chi connectivity index (χ1v) is 5.93. The second-order valence-electron chi connectivity index (χ2n) is 4.60. The molecule has 2 aliphatic rings. The number of hydrogen-bond acceptors (Lipinski definition) is 3. The number of ether oxygens (including phenoxy) is 2. The minimum Gasteiger partial charge on any atom is -0.488 e. The zero-order valence-corrected chi connectivity index (χ0v) is 9.76. The van der Waals surface area contributed by atoms with E-state index in [0.717, 1.165) is 31.5 Å². The lowest BCUT2D eigenvalue weighted by Gasteiger charge is -2.25. The van der Waals surface area contributed by atoms with Crippen LogP contribution in [0.3, 0.4) is 0 Å². The molecule has 19 heavy (non-hydrogen) atoms. The van der Waals surface area contributed by atoms with Crippen LogP contribution in [0.1, 0.15) is 24.4 Å². The van der Waals surface area contributed by atoms with Crippen molar-refractivity contribution in [3.05, 3.63) is 23.5 Å². The quantitative estimate of drug-likeness (QED) is 0.801. The minimum absolute atomic E-state index is 0.128. The second-order valence-corrected chi connectivity index (χ2v) is 4.60. The Morgan fingerprint density at radius 1 is 1.32 bits per heavy atom. The number of halogens is 4. The van der Waals surface area contributed by atoms with Gasteiger partial charge >= 0.3 is 6.36 Å². The van der Waals surface area contributed by atoms with Crippen molar-refractivity contribution in [2.75, 3.05) is 6.54 Å². The summed E-state index contributed by atoms with van der Waals surface area (Å²) < 4.78 is 59.5. The topological polar surface area (TPSA) is 30.5 Å². The van der Waals surface area contributed by atoms with Gasteiger partial charge in [-0.15, -0.1) is 13.2 Å². The van der Waals surface area contributed by atoms with Crippen molar-refractivity contribution < 1.29 is 27.0 Å². The number of benzene rings is 1. The average Bonchev–Trinajstić information content (AvgIpc) is 2.64. The Hall–Kier alpha value is -1.50. The molecule has 0 bridgehead atoms. The highest BCUT2D eigenvalue weighted by molar-refractivity contribution is 5.47. The van der Waals surface area contributed by atoms with Crippen LogP contribution in [0.2, 0.25) is 0 Å². The van der Waals surface area contributed by atoms with Gasteiger partial charge in [-0.25, -0.2) is 4.39 Å². The molecule has 7 heteroatoms. The molecule has 104 valence electrons. The molecule has 2 heterocycles. The molecule has 1 fully saturated rings. The minimum atomic E-state index is -4.84. The van der Waals surface area contributed by atoms with E-state index in [2.05, 4.69) is 10.1 Å². The highest BCUT2D eigenvalue weighted by atomic mass is 19.4. The lowest BCUT2D eigenvalue weighted by molar-refractivity contribution is -0.274. The number of piperidine rings is 1. The molecule has 1 aromatic carbocycles. The maximum atomic E-state index is 13.9. The van der Waals surface area contributed by atoms with Gasteiger partial charge in [-0.2, -0.15) is 0 Å². The predicted molar refractivity (Wildman–Crippen MR) is 57.5 cm³/mol. The van der Waals surface area contributed by atoms with E-state index >= 15 is 0 Å². The highest BCUT2D eigenvalue weighted by Crippen LogP contribution is 2.44. The molecule has 0 spiro atoms. The Kier molecular flexibility index (Phi) is 2.81. The standard InChI is InChI=1S/C12H11F4NO2/c13-7-4-6(19-12(14,15)16)5-9-10(7)11-8(18-9)2-1-3-17-11/h4-5,8,11,17H,1-3H2/t8?,11-/m1/s1. The van der Waals surface area contributed by atoms with Crippen molar-refractivity contribution in [2.24, 2.45) is 0 Å². The summed E-state index contributed by atoms with van der Waals surface area (Å²) >= 11 is 0. The first kappa shape index (κ1) is 12.5. The molecule has 0 saturated carbocycles. The highest BCUT2D eigenvalue weighted by Gasteiger charge is 2.39. The van der Waals surface area contributed by atoms with Crippen molar-refractivity contribution >= 4 is 0 Å². The monoisotopic (exact) mass is 277 g/mol. The Bertz CT molecular complexity index is 503. The van der Waals surface area contributed by atoms with Crippen LogP contribution in [0.4, 0.5) is 17.6 Å². The van der Waals surface area contributed by atoms with Gasteiger partial charge in [-0.1, -0.05) is 0 Å². The van der Waals surface area contributed by atoms with E-state index in [1.54, 1.807) is 0 Å². The third-order valence-corrected chi connectivity index (χ3v) is 3.29. The van der Waals surface area contributed by atoms with Crippen molar-refractivity contribution in [3.8, 4) is 11.5 Å². The van der Waals surface area contributed by atoms with E-state index in [9.17, 15) is 17.6 Å². The Balaban J connectivity index is 1.94. The Labute approximate surface area is 106 Å². The van der Waals surface area contributed by atoms with Gasteiger partial charge in [0.2, 0.25) is 0 Å². The summed E-state index contributed by atoms with van der Waals surface area (Å²) in [5, 5.41) is 3.12. The molecular weight excluding hydrogens is 266 g/mol. The fourth-order valence-electron chi connectivity index (χ4n) is 2.60. The van der Waals surface area contributed by atoms with Crippen LogP contribution >= 0.6 is 0 Å². The molecule has 3 rings (SSSR count). The van der Waals surface area contributed by atoms with Crippen molar-refractivity contribution in [1.29, 1.82) is 0 Å². The summed E-state index contributed by atoms with van der Waals surface area (Å²) in [7, 11) is 0. The average molecular weight is 277 g/mol. The fraction of sp³-hybridized carbons (Fsp3) is 0.500. The van der Waals surface area contributed by atoms with Crippen molar-refractivity contribution in [2.45, 2.75) is 31.3 Å². The van der Waals surface area contributed by atoms with E-state index in [1.165, 1.54) is 0 Å². The number of hydrogen-bond donors (Lipinski definition) is 1. The van der Waals surface area contributed by atoms with Gasteiger partial charge in [0, 0.05) is 12.1 Å². The summed E-state index contributed by atoms with van der Waals surface area (Å²) in [6.07, 6.45) is -3.42. The van der Waals surface area contributed by atoms with E-state index in [4.69, 9.17) is 4.74 Å². The SMILES string of the molecule is Fc1cc(OC(F)(F)F)cc2c1[C@@H]1NCCCC1O2. The molecule has 1 N–H and O–H groups in total. The van der Waals surface area contributed by atoms with Gasteiger partial charge in [0.25, 0.3) is 0 Å². The number of fused-ring (bicyclic) bond motifs is 3. The van der Waals surface area contributed by atoms with Crippen molar-refractivity contribution in [3.63, 3.8) is 0 Å². The summed E-state index contributed by atoms with van der Waals surface area (Å²) in [6.45, 7) is 0.740. The lowest BCUT2D eigenvalue weighted by Crippen LogP contribution is -2.37. The van der Waals surface area contributed by atoms with Crippen LogP contribution in [-0.2, 0) is 0 Å². The second kappa shape index (κ2) is 4.26. The maximum Gasteiger partial charge on any atom is 0.573 e. The maximum absolute atomic E-state index is 13.9. The normalized spacial score (nSPS) is 25.5. The summed E-state index contributed by atoms with van der Waals surface area (Å²) in [5.41, 5.74) is 0.291. The van der Waals surface area contributed by atoms with Crippen LogP contribution in [0, 0.1) is 5.82 Å². The third-order valence-electron chi connectivity index (χ3n) is 3.29. The molecule has 0 radical (unpaired) electrons. The van der Waals surface area contributed by atoms with Crippen LogP contribution < -0.4 is 14.8 Å². The van der Waals surface area contributed by atoms with Gasteiger partial charge in [0.15, 0.2) is 0 Å². The fourth-order valence-corrected chi connectivity index (χ4v) is 2.60. The molecule has 2 aliphatic heterocycles. The number of nitrogens with one attached hydrogen (secondary N) is 1. The van der Waals surface area contributed by atoms with Gasteiger partial charge in [-0.05, 0) is 19.4 Å². The van der Waals surface area contributed by atoms with E-state index in [0.29, 0.717) is 5.56 Å². The first-order chi connectivity index (χ1) is 8.94. The molecule has 3 nitrogen and oxygen atoms in total. The first-order valence-electron chi connectivity index (χ1n) is 5.93. The van der Waals surface area contributed by atoms with Gasteiger partial charge in [0.1, 0.15) is 23.4 Å². The zero-order valence-electron chi connectivity index (χ0n) is 9.76. The molecule has 1 unspecified atom stereocenters. The van der Waals surface area contributed by atoms with E-state index in [-0.39, 0.29) is 17.9 Å². The van der Waals surface area contributed by atoms with Crippen LogP contribution in [0.25, 0.3) is 0 Å². The predicted octanol–water partition coefficient (Wildman–Crippen LogP) is 2.91. The van der Waals surface area contributed by atoms with E-state index in [1.807, 2.05) is 0 Å². The molecule has 0 amide bonds. The van der Waals surface area contributed by atoms with Gasteiger partial charge < -0.3 is 14.8 Å². The summed E-state index contributed by atoms with van der Waals surface area (Å²) in [5.74, 6) is -1.20. The Morgan fingerprint density at radius 3 is 2.84 bits per heavy atom. The molecule has 1 aromatic rings. The molecular formula is C12H11F4NO2. The summed E-state index contributed by atoms with van der Waals surface area (Å²) in [6, 6.07) is 1.55. The van der Waals surface area contributed by atoms with Crippen LogP contribution in [0.15, 0.2) is 12.1 Å². The molecule has 1 saturated heterocycles. The van der Waals surface area contributed by atoms with Crippen molar-refractivity contribution in [1.82, 2.24) is 5.32 Å². The number of alkyl halides is 3. The van der Waals surface area contributed by atoms with Crippen LogP contribution in [0.5, 0.6) is 11.5 Å². The van der Waals surface area contributed by atoms with E-state index < -0.39 is 17.9 Å². The number of rotatable bonds is 1. The molecule has 0 aliphatic carbocycles. The van der Waals surface area contributed by atoms with Gasteiger partial charge in [-0.3, -0.25) is 0 Å². The lowest BCUT2D eigenvalue weighted by atomic mass is 9.96. The zero-order chi connectivity index (χ0) is 13.6. The molecule has 0 aromatic heterocycles. The summed E-state index contributed by atoms with van der Waals surface area (Å²) in [4.78, 5) is 0. The van der Waals surface area contributed by atoms with Gasteiger partial charge in [0.05, 0.1) is 11.6 Å². The smallest absolute Gasteiger partial charge is 0.488 e.